The van der Waals surface area contributed by atoms with Crippen LogP contribution in [0.2, 0.25) is 0 Å². The van der Waals surface area contributed by atoms with Crippen LogP contribution in [0.15, 0.2) is 24.3 Å². The lowest BCUT2D eigenvalue weighted by atomic mass is 10.2. The van der Waals surface area contributed by atoms with Gasteiger partial charge in [0.05, 0.1) is 18.8 Å². The molecule has 0 radical (unpaired) electrons. The first kappa shape index (κ1) is 19.3. The van der Waals surface area contributed by atoms with Gasteiger partial charge in [0.1, 0.15) is 5.75 Å². The van der Waals surface area contributed by atoms with E-state index in [0.717, 1.165) is 31.9 Å². The van der Waals surface area contributed by atoms with Crippen LogP contribution in [0, 0.1) is 0 Å². The Morgan fingerprint density at radius 3 is 2.22 bits per heavy atom. The lowest BCUT2D eigenvalue weighted by Crippen LogP contribution is -2.54. The Kier molecular flexibility index (Phi) is 6.39. The maximum atomic E-state index is 12.6. The van der Waals surface area contributed by atoms with Crippen LogP contribution in [-0.2, 0) is 9.53 Å². The predicted octanol–water partition coefficient (Wildman–Crippen LogP) is 0.815. The monoisotopic (exact) mass is 376 g/mol. The van der Waals surface area contributed by atoms with Crippen molar-refractivity contribution in [3.8, 4) is 5.75 Å². The lowest BCUT2D eigenvalue weighted by molar-refractivity contribution is -0.134. The van der Waals surface area contributed by atoms with E-state index in [1.54, 1.807) is 17.9 Å². The van der Waals surface area contributed by atoms with Gasteiger partial charge in [-0.1, -0.05) is 12.1 Å². The van der Waals surface area contributed by atoms with Gasteiger partial charge in [-0.15, -0.1) is 0 Å². The summed E-state index contributed by atoms with van der Waals surface area (Å²) in [5.41, 5.74) is 0.846. The summed E-state index contributed by atoms with van der Waals surface area (Å²) in [5.74, 6) is 0.399. The van der Waals surface area contributed by atoms with Crippen molar-refractivity contribution >= 4 is 17.7 Å². The second kappa shape index (κ2) is 8.94. The molecule has 0 aliphatic carbocycles. The highest BCUT2D eigenvalue weighted by Crippen LogP contribution is 2.27. The van der Waals surface area contributed by atoms with Crippen LogP contribution in [0.5, 0.6) is 5.75 Å². The third-order valence-corrected chi connectivity index (χ3v) is 5.11. The minimum absolute atomic E-state index is 0.106. The van der Waals surface area contributed by atoms with E-state index < -0.39 is 0 Å². The number of hydrogen-bond acceptors (Lipinski definition) is 6. The van der Waals surface area contributed by atoms with Crippen LogP contribution < -0.4 is 4.90 Å². The molecule has 2 fully saturated rings. The van der Waals surface area contributed by atoms with Gasteiger partial charge < -0.3 is 24.5 Å². The zero-order valence-corrected chi connectivity index (χ0v) is 15.8. The second-order valence-corrected chi connectivity index (χ2v) is 6.82. The minimum atomic E-state index is -0.301. The highest BCUT2D eigenvalue weighted by Gasteiger charge is 2.27. The van der Waals surface area contributed by atoms with Crippen LogP contribution in [-0.4, -0.2) is 97.3 Å². The number of para-hydroxylation sites is 2. The molecule has 2 saturated heterocycles. The molecule has 0 aromatic heterocycles. The molecule has 1 aromatic carbocycles. The van der Waals surface area contributed by atoms with E-state index in [1.165, 1.54) is 0 Å². The van der Waals surface area contributed by atoms with Crippen molar-refractivity contribution in [3.63, 3.8) is 0 Å². The number of nitrogens with zero attached hydrogens (tertiary/aromatic N) is 4. The molecule has 0 atom stereocenters. The maximum absolute atomic E-state index is 12.6. The Bertz CT molecular complexity index is 653. The van der Waals surface area contributed by atoms with Gasteiger partial charge in [0, 0.05) is 52.4 Å². The third-order valence-electron chi connectivity index (χ3n) is 5.11. The number of amides is 2. The van der Waals surface area contributed by atoms with Gasteiger partial charge in [-0.2, -0.15) is 0 Å². The van der Waals surface area contributed by atoms with Crippen LogP contribution in [0.4, 0.5) is 10.5 Å². The molecular weight excluding hydrogens is 348 g/mol. The molecule has 27 heavy (non-hydrogen) atoms. The molecule has 0 saturated carbocycles. The fourth-order valence-corrected chi connectivity index (χ4v) is 3.52. The first-order valence-corrected chi connectivity index (χ1v) is 9.53. The van der Waals surface area contributed by atoms with Gasteiger partial charge >= 0.3 is 6.09 Å². The Hall–Kier alpha value is -2.48. The average molecular weight is 376 g/mol. The molecule has 2 aliphatic heterocycles. The largest absolute Gasteiger partial charge is 0.506 e. The molecule has 0 unspecified atom stereocenters. The van der Waals surface area contributed by atoms with E-state index in [0.29, 0.717) is 45.1 Å². The topological polar surface area (TPSA) is 76.6 Å². The fourth-order valence-electron chi connectivity index (χ4n) is 3.52. The highest BCUT2D eigenvalue weighted by atomic mass is 16.6. The lowest BCUT2D eigenvalue weighted by Gasteiger charge is -2.38. The Morgan fingerprint density at radius 2 is 1.59 bits per heavy atom. The number of carbonyl (C=O) groups excluding carboxylic acids is 2. The number of rotatable bonds is 4. The van der Waals surface area contributed by atoms with Gasteiger partial charge in [0.25, 0.3) is 0 Å². The average Bonchev–Trinajstić information content (AvgIpc) is 2.69. The molecule has 2 amide bonds. The summed E-state index contributed by atoms with van der Waals surface area (Å²) < 4.78 is 5.01. The molecule has 2 aliphatic rings. The zero-order valence-electron chi connectivity index (χ0n) is 15.8. The third kappa shape index (κ3) is 4.82. The molecule has 148 valence electrons. The first-order chi connectivity index (χ1) is 13.1. The zero-order chi connectivity index (χ0) is 19.2. The highest BCUT2D eigenvalue weighted by molar-refractivity contribution is 5.79. The number of hydrogen-bond donors (Lipinski definition) is 1. The summed E-state index contributed by atoms with van der Waals surface area (Å²) in [6.45, 7) is 7.81. The number of phenols is 1. The van der Waals surface area contributed by atoms with Crippen molar-refractivity contribution in [1.29, 1.82) is 0 Å². The molecule has 0 bridgehead atoms. The maximum Gasteiger partial charge on any atom is 0.409 e. The second-order valence-electron chi connectivity index (χ2n) is 6.82. The summed E-state index contributed by atoms with van der Waals surface area (Å²) in [7, 11) is 0. The minimum Gasteiger partial charge on any atom is -0.506 e. The van der Waals surface area contributed by atoms with Crippen molar-refractivity contribution in [1.82, 2.24) is 14.7 Å². The van der Waals surface area contributed by atoms with Crippen LogP contribution in [0.25, 0.3) is 0 Å². The smallest absolute Gasteiger partial charge is 0.409 e. The summed E-state index contributed by atoms with van der Waals surface area (Å²) >= 11 is 0. The molecular formula is C19H28N4O4. The van der Waals surface area contributed by atoms with Gasteiger partial charge in [-0.3, -0.25) is 9.69 Å². The van der Waals surface area contributed by atoms with Gasteiger partial charge in [-0.05, 0) is 19.1 Å². The van der Waals surface area contributed by atoms with Crippen molar-refractivity contribution in [2.75, 3.05) is 70.4 Å². The van der Waals surface area contributed by atoms with E-state index in [1.807, 2.05) is 23.1 Å². The number of piperazine rings is 2. The number of anilines is 1. The van der Waals surface area contributed by atoms with Crippen LogP contribution in [0.1, 0.15) is 6.92 Å². The van der Waals surface area contributed by atoms with Gasteiger partial charge in [0.15, 0.2) is 0 Å². The summed E-state index contributed by atoms with van der Waals surface area (Å²) in [5, 5.41) is 9.99. The molecule has 1 N–H and O–H groups in total. The molecule has 3 rings (SSSR count). The van der Waals surface area contributed by atoms with E-state index >= 15 is 0 Å². The first-order valence-electron chi connectivity index (χ1n) is 9.53. The Balaban J connectivity index is 1.42. The van der Waals surface area contributed by atoms with E-state index in [9.17, 15) is 14.7 Å². The standard InChI is InChI=1S/C19H28N4O4/c1-2-27-19(26)23-13-11-22(12-14-23)18(25)15-20-7-9-21(10-8-20)16-5-3-4-6-17(16)24/h3-6,24H,2,7-15H2,1H3. The molecule has 8 heteroatoms. The molecule has 2 heterocycles. The fraction of sp³-hybridized carbons (Fsp3) is 0.579. The Labute approximate surface area is 159 Å². The Morgan fingerprint density at radius 1 is 0.963 bits per heavy atom. The van der Waals surface area contributed by atoms with Crippen LogP contribution >= 0.6 is 0 Å². The number of ether oxygens (including phenoxy) is 1. The SMILES string of the molecule is CCOC(=O)N1CCN(C(=O)CN2CCN(c3ccccc3O)CC2)CC1. The van der Waals surface area contributed by atoms with E-state index in [2.05, 4.69) is 9.80 Å². The summed E-state index contributed by atoms with van der Waals surface area (Å²) in [6, 6.07) is 7.34. The van der Waals surface area contributed by atoms with Crippen molar-refractivity contribution in [2.45, 2.75) is 6.92 Å². The quantitative estimate of drug-likeness (QED) is 0.838. The van der Waals surface area contributed by atoms with Crippen molar-refractivity contribution in [3.05, 3.63) is 24.3 Å². The summed E-state index contributed by atoms with van der Waals surface area (Å²) in [6.07, 6.45) is -0.301. The predicted molar refractivity (Wildman–Crippen MR) is 102 cm³/mol. The molecule has 8 nitrogen and oxygen atoms in total. The summed E-state index contributed by atoms with van der Waals surface area (Å²) in [4.78, 5) is 32.1. The van der Waals surface area contributed by atoms with E-state index in [4.69, 9.17) is 4.74 Å². The van der Waals surface area contributed by atoms with Gasteiger partial charge in [-0.25, -0.2) is 4.79 Å². The number of phenolic OH excluding ortho intramolecular Hbond substituents is 1. The number of benzene rings is 1. The van der Waals surface area contributed by atoms with Crippen LogP contribution in [0.3, 0.4) is 0 Å². The van der Waals surface area contributed by atoms with E-state index in [-0.39, 0.29) is 12.0 Å². The molecule has 0 spiro atoms. The van der Waals surface area contributed by atoms with Gasteiger partial charge in [0.2, 0.25) is 5.91 Å². The number of carbonyl (C=O) groups is 2. The van der Waals surface area contributed by atoms with Crippen molar-refractivity contribution < 1.29 is 19.4 Å². The van der Waals surface area contributed by atoms with Crippen molar-refractivity contribution in [2.24, 2.45) is 0 Å². The number of aromatic hydroxyl groups is 1. The molecule has 1 aromatic rings. The normalized spacial score (nSPS) is 18.5.